The molecule has 2 N–H and O–H groups in total. The Bertz CT molecular complexity index is 1370. The summed E-state index contributed by atoms with van der Waals surface area (Å²) in [4.78, 5) is 14.0. The fourth-order valence-corrected chi connectivity index (χ4v) is 3.95. The number of nitrogens with one attached hydrogen (secondary N) is 2. The highest BCUT2D eigenvalue weighted by molar-refractivity contribution is 7.80. The predicted octanol–water partition coefficient (Wildman–Crippen LogP) is 5.31. The van der Waals surface area contributed by atoms with Crippen molar-refractivity contribution in [1.29, 1.82) is 0 Å². The standard InChI is InChI=1S/C22H16Cl2FN5O2S/c1-11-7-18-19(29-30(28-18)14-5-3-13(25)4-6-14)10-17(11)26-22(33)27-21(31)12-8-15(23)20(32-2)16(24)9-12/h3-10H,1-2H3,(H2,26,27,31,33). The Hall–Kier alpha value is -3.27. The van der Waals surface area contributed by atoms with Crippen LogP contribution in [-0.4, -0.2) is 33.1 Å². The number of hydrogen-bond acceptors (Lipinski definition) is 5. The first-order valence-electron chi connectivity index (χ1n) is 9.54. The molecule has 0 fully saturated rings. The molecule has 7 nitrogen and oxygen atoms in total. The molecule has 0 saturated heterocycles. The van der Waals surface area contributed by atoms with Gasteiger partial charge in [-0.3, -0.25) is 10.1 Å². The number of ether oxygens (including phenoxy) is 1. The first-order chi connectivity index (χ1) is 15.7. The molecule has 4 aromatic rings. The molecule has 0 radical (unpaired) electrons. The first kappa shape index (κ1) is 22.9. The molecule has 0 unspecified atom stereocenters. The molecule has 0 spiro atoms. The topological polar surface area (TPSA) is 81.1 Å². The Morgan fingerprint density at radius 2 is 1.67 bits per heavy atom. The number of hydrogen-bond donors (Lipinski definition) is 2. The van der Waals surface area contributed by atoms with Gasteiger partial charge in [-0.15, -0.1) is 10.2 Å². The quantitative estimate of drug-likeness (QED) is 0.367. The lowest BCUT2D eigenvalue weighted by molar-refractivity contribution is 0.0977. The number of methoxy groups -OCH3 is 1. The molecule has 1 aromatic heterocycles. The van der Waals surface area contributed by atoms with Crippen LogP contribution in [0.15, 0.2) is 48.5 Å². The zero-order valence-corrected chi connectivity index (χ0v) is 19.6. The van der Waals surface area contributed by atoms with Crippen molar-refractivity contribution in [3.8, 4) is 11.4 Å². The van der Waals surface area contributed by atoms with E-state index in [-0.39, 0.29) is 32.3 Å². The van der Waals surface area contributed by atoms with Gasteiger partial charge >= 0.3 is 0 Å². The highest BCUT2D eigenvalue weighted by atomic mass is 35.5. The van der Waals surface area contributed by atoms with Crippen molar-refractivity contribution in [2.45, 2.75) is 6.92 Å². The number of aromatic nitrogens is 3. The third kappa shape index (κ3) is 4.90. The Morgan fingerprint density at radius 3 is 2.27 bits per heavy atom. The zero-order valence-electron chi connectivity index (χ0n) is 17.3. The first-order valence-corrected chi connectivity index (χ1v) is 10.7. The third-order valence-electron chi connectivity index (χ3n) is 4.72. The minimum atomic E-state index is -0.486. The van der Waals surface area contributed by atoms with E-state index in [4.69, 9.17) is 40.2 Å². The number of carbonyl (C=O) groups is 1. The second-order valence-corrected chi connectivity index (χ2v) is 8.23. The normalized spacial score (nSPS) is 10.8. The lowest BCUT2D eigenvalue weighted by atomic mass is 10.2. The number of thiocarbonyl (C=S) groups is 1. The second-order valence-electron chi connectivity index (χ2n) is 7.00. The molecule has 11 heteroatoms. The molecule has 0 aliphatic carbocycles. The van der Waals surface area contributed by atoms with Crippen LogP contribution >= 0.6 is 35.4 Å². The average molecular weight is 504 g/mol. The summed E-state index contributed by atoms with van der Waals surface area (Å²) in [6.45, 7) is 1.87. The van der Waals surface area contributed by atoms with Gasteiger partial charge in [0.1, 0.15) is 16.9 Å². The van der Waals surface area contributed by atoms with Crippen LogP contribution in [0.25, 0.3) is 16.7 Å². The molecule has 1 amide bonds. The van der Waals surface area contributed by atoms with Gasteiger partial charge in [-0.25, -0.2) is 4.39 Å². The van der Waals surface area contributed by atoms with E-state index in [1.54, 1.807) is 18.2 Å². The number of fused-ring (bicyclic) bond motifs is 1. The van der Waals surface area contributed by atoms with Crippen molar-refractivity contribution in [2.75, 3.05) is 12.4 Å². The highest BCUT2D eigenvalue weighted by Crippen LogP contribution is 2.33. The number of carbonyl (C=O) groups excluding carboxylic acids is 1. The summed E-state index contributed by atoms with van der Waals surface area (Å²) in [5.41, 5.74) is 3.57. The number of anilines is 1. The van der Waals surface area contributed by atoms with Gasteiger partial charge in [-0.1, -0.05) is 23.2 Å². The fourth-order valence-electron chi connectivity index (χ4n) is 3.11. The summed E-state index contributed by atoms with van der Waals surface area (Å²) in [5.74, 6) is -0.541. The van der Waals surface area contributed by atoms with Gasteiger partial charge in [0.25, 0.3) is 5.91 Å². The summed E-state index contributed by atoms with van der Waals surface area (Å²) in [7, 11) is 1.43. The molecule has 0 aliphatic heterocycles. The highest BCUT2D eigenvalue weighted by Gasteiger charge is 2.15. The number of aryl methyl sites for hydroxylation is 1. The van der Waals surface area contributed by atoms with Crippen LogP contribution in [0.5, 0.6) is 5.75 Å². The molecule has 0 aliphatic rings. The monoisotopic (exact) mass is 503 g/mol. The Balaban J connectivity index is 1.52. The molecular weight excluding hydrogens is 488 g/mol. The minimum Gasteiger partial charge on any atom is -0.494 e. The van der Waals surface area contributed by atoms with E-state index in [9.17, 15) is 9.18 Å². The van der Waals surface area contributed by atoms with Crippen molar-refractivity contribution in [2.24, 2.45) is 0 Å². The van der Waals surface area contributed by atoms with Crippen LogP contribution in [0.2, 0.25) is 10.0 Å². The summed E-state index contributed by atoms with van der Waals surface area (Å²) in [6, 6.07) is 12.3. The molecule has 0 bridgehead atoms. The summed E-state index contributed by atoms with van der Waals surface area (Å²) in [6.07, 6.45) is 0. The predicted molar refractivity (Wildman–Crippen MR) is 130 cm³/mol. The van der Waals surface area contributed by atoms with Crippen LogP contribution < -0.4 is 15.4 Å². The van der Waals surface area contributed by atoms with Gasteiger partial charge in [0.15, 0.2) is 10.9 Å². The summed E-state index contributed by atoms with van der Waals surface area (Å²) < 4.78 is 18.3. The van der Waals surface area contributed by atoms with Crippen molar-refractivity contribution >= 4 is 63.2 Å². The molecule has 168 valence electrons. The van der Waals surface area contributed by atoms with Crippen LogP contribution in [0.3, 0.4) is 0 Å². The Morgan fingerprint density at radius 1 is 1.06 bits per heavy atom. The molecule has 3 aromatic carbocycles. The van der Waals surface area contributed by atoms with Crippen molar-refractivity contribution in [3.05, 3.63) is 75.5 Å². The van der Waals surface area contributed by atoms with Crippen molar-refractivity contribution in [3.63, 3.8) is 0 Å². The van der Waals surface area contributed by atoms with Crippen molar-refractivity contribution in [1.82, 2.24) is 20.3 Å². The van der Waals surface area contributed by atoms with E-state index in [0.29, 0.717) is 22.4 Å². The van der Waals surface area contributed by atoms with E-state index < -0.39 is 5.91 Å². The van der Waals surface area contributed by atoms with Crippen LogP contribution in [-0.2, 0) is 0 Å². The van der Waals surface area contributed by atoms with E-state index in [2.05, 4.69) is 20.8 Å². The maximum absolute atomic E-state index is 13.2. The van der Waals surface area contributed by atoms with Crippen LogP contribution in [0, 0.1) is 12.7 Å². The number of rotatable bonds is 4. The molecule has 4 rings (SSSR count). The number of amides is 1. The van der Waals surface area contributed by atoms with E-state index in [1.807, 2.05) is 13.0 Å². The molecule has 0 saturated carbocycles. The number of halogens is 3. The fraction of sp³-hybridized carbons (Fsp3) is 0.0909. The summed E-state index contributed by atoms with van der Waals surface area (Å²) >= 11 is 17.5. The number of nitrogens with zero attached hydrogens (tertiary/aromatic N) is 3. The largest absolute Gasteiger partial charge is 0.494 e. The smallest absolute Gasteiger partial charge is 0.257 e. The lowest BCUT2D eigenvalue weighted by Gasteiger charge is -2.13. The maximum Gasteiger partial charge on any atom is 0.257 e. The van der Waals surface area contributed by atoms with Gasteiger partial charge in [0.05, 0.1) is 22.8 Å². The SMILES string of the molecule is COc1c(Cl)cc(C(=O)NC(=S)Nc2cc3nn(-c4ccc(F)cc4)nc3cc2C)cc1Cl. The van der Waals surface area contributed by atoms with E-state index in [0.717, 1.165) is 5.56 Å². The summed E-state index contributed by atoms with van der Waals surface area (Å²) in [5, 5.41) is 15.0. The van der Waals surface area contributed by atoms with E-state index in [1.165, 1.54) is 36.2 Å². The second kappa shape index (κ2) is 9.30. The molecule has 0 atom stereocenters. The van der Waals surface area contributed by atoms with Crippen LogP contribution in [0.4, 0.5) is 10.1 Å². The minimum absolute atomic E-state index is 0.0800. The van der Waals surface area contributed by atoms with Crippen molar-refractivity contribution < 1.29 is 13.9 Å². The van der Waals surface area contributed by atoms with Gasteiger partial charge in [-0.2, -0.15) is 4.80 Å². The lowest BCUT2D eigenvalue weighted by Crippen LogP contribution is -2.34. The molecule has 1 heterocycles. The molecule has 33 heavy (non-hydrogen) atoms. The number of benzene rings is 3. The Kier molecular flexibility index (Phi) is 6.46. The third-order valence-corrected chi connectivity index (χ3v) is 5.49. The van der Waals surface area contributed by atoms with Gasteiger partial charge in [0.2, 0.25) is 0 Å². The van der Waals surface area contributed by atoms with Crippen LogP contribution in [0.1, 0.15) is 15.9 Å². The van der Waals surface area contributed by atoms with Gasteiger partial charge in [0, 0.05) is 11.3 Å². The Labute approximate surface area is 203 Å². The molecular formula is C22H16Cl2FN5O2S. The zero-order chi connectivity index (χ0) is 23.7. The average Bonchev–Trinajstić information content (AvgIpc) is 3.16. The van der Waals surface area contributed by atoms with E-state index >= 15 is 0 Å². The van der Waals surface area contributed by atoms with Gasteiger partial charge < -0.3 is 10.1 Å². The maximum atomic E-state index is 13.2. The van der Waals surface area contributed by atoms with Gasteiger partial charge in [-0.05, 0) is 73.2 Å².